The Hall–Kier alpha value is -3.08. The van der Waals surface area contributed by atoms with Crippen LogP contribution in [0.15, 0.2) is 59.2 Å². The number of nitrogens with two attached hydrogens (primary N) is 1. The summed E-state index contributed by atoms with van der Waals surface area (Å²) in [5.74, 6) is -0.000610. The van der Waals surface area contributed by atoms with Gasteiger partial charge in [0.2, 0.25) is 5.89 Å². The fourth-order valence-corrected chi connectivity index (χ4v) is 2.44. The van der Waals surface area contributed by atoms with Gasteiger partial charge in [0.15, 0.2) is 5.69 Å². The third kappa shape index (κ3) is 3.71. The Labute approximate surface area is 146 Å². The fourth-order valence-electron chi connectivity index (χ4n) is 2.44. The number of carbonyl (C=O) groups excluding carboxylic acids is 1. The molecule has 3 aromatic rings. The molecule has 0 saturated carbocycles. The molecule has 25 heavy (non-hydrogen) atoms. The lowest BCUT2D eigenvalue weighted by atomic mass is 9.87. The molecule has 3 rings (SSSR count). The lowest BCUT2D eigenvalue weighted by Gasteiger charge is -2.19. The van der Waals surface area contributed by atoms with Crippen molar-refractivity contribution in [3.63, 3.8) is 0 Å². The number of rotatable bonds is 3. The highest BCUT2D eigenvalue weighted by atomic mass is 16.3. The van der Waals surface area contributed by atoms with Crippen molar-refractivity contribution in [1.29, 1.82) is 0 Å². The maximum Gasteiger partial charge on any atom is 0.277 e. The molecule has 0 bridgehead atoms. The van der Waals surface area contributed by atoms with Gasteiger partial charge in [-0.15, -0.1) is 0 Å². The topological polar surface area (TPSA) is 81.2 Å². The molecular weight excluding hydrogens is 314 g/mol. The minimum absolute atomic E-state index is 0.0686. The summed E-state index contributed by atoms with van der Waals surface area (Å²) in [4.78, 5) is 16.6. The van der Waals surface area contributed by atoms with Gasteiger partial charge in [-0.2, -0.15) is 0 Å². The van der Waals surface area contributed by atoms with Gasteiger partial charge in [0.05, 0.1) is 5.56 Å². The quantitative estimate of drug-likeness (QED) is 0.692. The van der Waals surface area contributed by atoms with Gasteiger partial charge in [-0.05, 0) is 35.2 Å². The summed E-state index contributed by atoms with van der Waals surface area (Å²) in [7, 11) is 0. The summed E-state index contributed by atoms with van der Waals surface area (Å²) >= 11 is 0. The zero-order valence-electron chi connectivity index (χ0n) is 14.5. The van der Waals surface area contributed by atoms with Crippen molar-refractivity contribution >= 4 is 17.3 Å². The van der Waals surface area contributed by atoms with E-state index in [0.29, 0.717) is 22.8 Å². The molecular formula is C20H21N3O2. The van der Waals surface area contributed by atoms with Crippen molar-refractivity contribution in [2.24, 2.45) is 0 Å². The molecule has 0 saturated heterocycles. The van der Waals surface area contributed by atoms with Crippen molar-refractivity contribution in [2.45, 2.75) is 26.2 Å². The number of anilines is 2. The summed E-state index contributed by atoms with van der Waals surface area (Å²) in [6.45, 7) is 6.44. The van der Waals surface area contributed by atoms with E-state index >= 15 is 0 Å². The van der Waals surface area contributed by atoms with E-state index in [4.69, 9.17) is 10.2 Å². The molecule has 0 unspecified atom stereocenters. The number of amides is 1. The second-order valence-corrected chi connectivity index (χ2v) is 6.91. The summed E-state index contributed by atoms with van der Waals surface area (Å²) in [6, 6.07) is 15.0. The smallest absolute Gasteiger partial charge is 0.277 e. The van der Waals surface area contributed by atoms with Gasteiger partial charge < -0.3 is 15.5 Å². The molecule has 5 heteroatoms. The van der Waals surface area contributed by atoms with Gasteiger partial charge in [0.25, 0.3) is 5.91 Å². The predicted molar refractivity (Wildman–Crippen MR) is 99.4 cm³/mol. The Kier molecular flexibility index (Phi) is 4.31. The van der Waals surface area contributed by atoms with Crippen LogP contribution in [0.4, 0.5) is 11.4 Å². The van der Waals surface area contributed by atoms with Crippen LogP contribution in [0.1, 0.15) is 36.8 Å². The number of hydrogen-bond donors (Lipinski definition) is 2. The number of carbonyl (C=O) groups is 1. The lowest BCUT2D eigenvalue weighted by molar-refractivity contribution is 0.102. The van der Waals surface area contributed by atoms with E-state index in [1.165, 1.54) is 11.8 Å². The third-order valence-electron chi connectivity index (χ3n) is 3.94. The number of oxazole rings is 1. The minimum atomic E-state index is -0.326. The lowest BCUT2D eigenvalue weighted by Crippen LogP contribution is -2.14. The first kappa shape index (κ1) is 16.8. The Morgan fingerprint density at radius 3 is 2.40 bits per heavy atom. The van der Waals surface area contributed by atoms with Crippen molar-refractivity contribution in [3.8, 4) is 11.5 Å². The van der Waals surface area contributed by atoms with Gasteiger partial charge >= 0.3 is 0 Å². The van der Waals surface area contributed by atoms with Crippen LogP contribution >= 0.6 is 0 Å². The minimum Gasteiger partial charge on any atom is -0.444 e. The predicted octanol–water partition coefficient (Wildman–Crippen LogP) is 4.47. The van der Waals surface area contributed by atoms with Crippen LogP contribution in [0.25, 0.3) is 11.5 Å². The number of aromatic nitrogens is 1. The highest BCUT2D eigenvalue weighted by Crippen LogP contribution is 2.26. The van der Waals surface area contributed by atoms with Crippen LogP contribution in [0.3, 0.4) is 0 Å². The maximum absolute atomic E-state index is 12.4. The van der Waals surface area contributed by atoms with Gasteiger partial charge in [-0.1, -0.05) is 45.0 Å². The zero-order chi connectivity index (χ0) is 18.0. The molecule has 5 nitrogen and oxygen atoms in total. The first-order valence-corrected chi connectivity index (χ1v) is 8.07. The number of nitrogens with one attached hydrogen (secondary N) is 1. The zero-order valence-corrected chi connectivity index (χ0v) is 14.5. The van der Waals surface area contributed by atoms with E-state index in [1.807, 2.05) is 36.4 Å². The average Bonchev–Trinajstić information content (AvgIpc) is 3.05. The average molecular weight is 335 g/mol. The molecule has 1 amide bonds. The molecule has 0 aliphatic carbocycles. The number of nitrogens with zero attached hydrogens (tertiary/aromatic N) is 1. The normalized spacial score (nSPS) is 11.3. The first-order valence-electron chi connectivity index (χ1n) is 8.07. The number of nitrogen functional groups attached to an aromatic ring is 1. The highest BCUT2D eigenvalue weighted by Gasteiger charge is 2.16. The molecule has 0 atom stereocenters. The monoisotopic (exact) mass is 335 g/mol. The van der Waals surface area contributed by atoms with Crippen molar-refractivity contribution in [1.82, 2.24) is 4.98 Å². The molecule has 0 aliphatic rings. The van der Waals surface area contributed by atoms with Gasteiger partial charge in [0, 0.05) is 11.4 Å². The third-order valence-corrected chi connectivity index (χ3v) is 3.94. The van der Waals surface area contributed by atoms with E-state index in [-0.39, 0.29) is 17.0 Å². The van der Waals surface area contributed by atoms with Crippen LogP contribution < -0.4 is 11.1 Å². The van der Waals surface area contributed by atoms with Crippen molar-refractivity contribution in [3.05, 3.63) is 66.1 Å². The molecule has 0 radical (unpaired) electrons. The highest BCUT2D eigenvalue weighted by molar-refractivity contribution is 6.03. The van der Waals surface area contributed by atoms with Crippen LogP contribution in [0.2, 0.25) is 0 Å². The molecule has 0 spiro atoms. The second-order valence-electron chi connectivity index (χ2n) is 6.91. The van der Waals surface area contributed by atoms with Crippen molar-refractivity contribution < 1.29 is 9.21 Å². The summed E-state index contributed by atoms with van der Waals surface area (Å²) in [5.41, 5.74) is 9.31. The summed E-state index contributed by atoms with van der Waals surface area (Å²) in [5, 5.41) is 2.82. The van der Waals surface area contributed by atoms with Gasteiger partial charge in [0.1, 0.15) is 6.26 Å². The Morgan fingerprint density at radius 1 is 1.08 bits per heavy atom. The van der Waals surface area contributed by atoms with Crippen LogP contribution in [-0.2, 0) is 5.41 Å². The summed E-state index contributed by atoms with van der Waals surface area (Å²) in [6.07, 6.45) is 1.33. The molecule has 1 heterocycles. The Balaban J connectivity index is 1.75. The molecule has 0 aliphatic heterocycles. The maximum atomic E-state index is 12.4. The molecule has 2 aromatic carbocycles. The molecule has 0 fully saturated rings. The van der Waals surface area contributed by atoms with E-state index in [1.54, 1.807) is 12.1 Å². The van der Waals surface area contributed by atoms with Crippen LogP contribution in [0.5, 0.6) is 0 Å². The van der Waals surface area contributed by atoms with E-state index in [0.717, 1.165) is 0 Å². The van der Waals surface area contributed by atoms with E-state index in [9.17, 15) is 4.79 Å². The fraction of sp³-hybridized carbons (Fsp3) is 0.200. The SMILES string of the molecule is CC(C)(C)c1ccc(NC(=O)c2coc(-c3ccccc3N)n2)cc1. The first-order chi connectivity index (χ1) is 11.8. The van der Waals surface area contributed by atoms with Crippen LogP contribution in [0, 0.1) is 0 Å². The number of para-hydroxylation sites is 1. The Morgan fingerprint density at radius 2 is 1.76 bits per heavy atom. The van der Waals surface area contributed by atoms with E-state index < -0.39 is 0 Å². The second kappa shape index (κ2) is 6.43. The molecule has 3 N–H and O–H groups in total. The molecule has 128 valence electrons. The summed E-state index contributed by atoms with van der Waals surface area (Å²) < 4.78 is 5.40. The van der Waals surface area contributed by atoms with Crippen molar-refractivity contribution in [2.75, 3.05) is 11.1 Å². The number of benzene rings is 2. The van der Waals surface area contributed by atoms with Crippen LogP contribution in [-0.4, -0.2) is 10.9 Å². The number of hydrogen-bond acceptors (Lipinski definition) is 4. The van der Waals surface area contributed by atoms with E-state index in [2.05, 4.69) is 31.1 Å². The standard InChI is InChI=1S/C20H21N3O2/c1-20(2,3)13-8-10-14(11-9-13)22-18(24)17-12-25-19(23-17)15-6-4-5-7-16(15)21/h4-12H,21H2,1-3H3,(H,22,24). The Bertz CT molecular complexity index is 890. The largest absolute Gasteiger partial charge is 0.444 e. The van der Waals surface area contributed by atoms with Gasteiger partial charge in [-0.3, -0.25) is 4.79 Å². The van der Waals surface area contributed by atoms with Gasteiger partial charge in [-0.25, -0.2) is 4.98 Å². The molecule has 1 aromatic heterocycles.